The van der Waals surface area contributed by atoms with Gasteiger partial charge in [0.25, 0.3) is 5.91 Å². The van der Waals surface area contributed by atoms with E-state index in [0.717, 1.165) is 0 Å². The largest absolute Gasteiger partial charge is 0.490 e. The number of benzene rings is 1. The topological polar surface area (TPSA) is 94.4 Å². The van der Waals surface area contributed by atoms with Crippen LogP contribution in [0.3, 0.4) is 0 Å². The molecule has 1 aromatic heterocycles. The number of carbonyl (C=O) groups is 1. The van der Waals surface area contributed by atoms with Crippen LogP contribution in [-0.2, 0) is 0 Å². The van der Waals surface area contributed by atoms with E-state index in [2.05, 4.69) is 26.2 Å². The highest BCUT2D eigenvalue weighted by atomic mass is 79.9. The number of ether oxygens (including phenoxy) is 1. The summed E-state index contributed by atoms with van der Waals surface area (Å²) in [6.45, 7) is 0. The molecule has 0 atom stereocenters. The lowest BCUT2D eigenvalue weighted by Gasteiger charge is -2.08. The van der Waals surface area contributed by atoms with Crippen molar-refractivity contribution in [3.63, 3.8) is 0 Å². The van der Waals surface area contributed by atoms with Crippen LogP contribution in [0.5, 0.6) is 5.75 Å². The van der Waals surface area contributed by atoms with Gasteiger partial charge in [-0.25, -0.2) is 0 Å². The maximum Gasteiger partial charge on any atom is 0.310 e. The highest BCUT2D eigenvalue weighted by Gasteiger charge is 2.17. The van der Waals surface area contributed by atoms with Crippen LogP contribution < -0.4 is 10.1 Å². The second-order valence-electron chi connectivity index (χ2n) is 3.95. The zero-order valence-corrected chi connectivity index (χ0v) is 12.5. The number of nitro benzene ring substituents is 1. The molecule has 0 fully saturated rings. The Kier molecular flexibility index (Phi) is 4.49. The first-order valence-corrected chi connectivity index (χ1v) is 6.55. The zero-order valence-electron chi connectivity index (χ0n) is 10.9. The van der Waals surface area contributed by atoms with Gasteiger partial charge in [-0.15, -0.1) is 0 Å². The number of hydrogen-bond donors (Lipinski definition) is 1. The minimum Gasteiger partial charge on any atom is -0.490 e. The van der Waals surface area contributed by atoms with Crippen LogP contribution in [0.25, 0.3) is 0 Å². The van der Waals surface area contributed by atoms with Crippen LogP contribution in [0, 0.1) is 10.1 Å². The van der Waals surface area contributed by atoms with Gasteiger partial charge in [-0.2, -0.15) is 0 Å². The Bertz CT molecular complexity index is 706. The van der Waals surface area contributed by atoms with Crippen molar-refractivity contribution in [2.24, 2.45) is 0 Å². The van der Waals surface area contributed by atoms with Gasteiger partial charge < -0.3 is 10.1 Å². The van der Waals surface area contributed by atoms with Crippen LogP contribution in [0.4, 0.5) is 11.4 Å². The second-order valence-corrected chi connectivity index (χ2v) is 4.81. The van der Waals surface area contributed by atoms with Gasteiger partial charge >= 0.3 is 5.69 Å². The Labute approximate surface area is 128 Å². The minimum atomic E-state index is -0.569. The molecule has 1 heterocycles. The van der Waals surface area contributed by atoms with Crippen LogP contribution >= 0.6 is 15.9 Å². The zero-order chi connectivity index (χ0) is 15.4. The predicted molar refractivity (Wildman–Crippen MR) is 79.5 cm³/mol. The van der Waals surface area contributed by atoms with Crippen molar-refractivity contribution < 1.29 is 14.5 Å². The highest BCUT2D eigenvalue weighted by Crippen LogP contribution is 2.28. The highest BCUT2D eigenvalue weighted by molar-refractivity contribution is 9.10. The fourth-order valence-corrected chi connectivity index (χ4v) is 1.99. The molecule has 21 heavy (non-hydrogen) atoms. The number of rotatable bonds is 4. The minimum absolute atomic E-state index is 0.0291. The monoisotopic (exact) mass is 351 g/mol. The van der Waals surface area contributed by atoms with E-state index in [4.69, 9.17) is 4.74 Å². The van der Waals surface area contributed by atoms with Gasteiger partial charge in [0.2, 0.25) is 0 Å². The fourth-order valence-electron chi connectivity index (χ4n) is 1.64. The number of nitro groups is 1. The summed E-state index contributed by atoms with van der Waals surface area (Å²) in [6, 6.07) is 5.55. The molecule has 8 heteroatoms. The van der Waals surface area contributed by atoms with E-state index in [1.165, 1.54) is 31.5 Å². The summed E-state index contributed by atoms with van der Waals surface area (Å²) in [7, 11) is 1.31. The average molecular weight is 352 g/mol. The lowest BCUT2D eigenvalue weighted by molar-refractivity contribution is -0.385. The van der Waals surface area contributed by atoms with E-state index in [-0.39, 0.29) is 17.0 Å². The fraction of sp³-hybridized carbons (Fsp3) is 0.0769. The maximum atomic E-state index is 12.1. The van der Waals surface area contributed by atoms with E-state index in [9.17, 15) is 14.9 Å². The van der Waals surface area contributed by atoms with Gasteiger partial charge in [0.15, 0.2) is 5.75 Å². The third-order valence-electron chi connectivity index (χ3n) is 2.66. The Hall–Kier alpha value is -2.48. The molecule has 0 saturated heterocycles. The molecule has 0 radical (unpaired) electrons. The van der Waals surface area contributed by atoms with E-state index in [1.54, 1.807) is 12.3 Å². The molecule has 0 spiro atoms. The summed E-state index contributed by atoms with van der Waals surface area (Å²) in [5.41, 5.74) is 0.604. The maximum absolute atomic E-state index is 12.1. The van der Waals surface area contributed by atoms with Gasteiger partial charge in [-0.1, -0.05) is 0 Å². The summed E-state index contributed by atoms with van der Waals surface area (Å²) in [5.74, 6) is -0.378. The van der Waals surface area contributed by atoms with Crippen molar-refractivity contribution in [1.29, 1.82) is 0 Å². The number of hydrogen-bond acceptors (Lipinski definition) is 5. The molecule has 0 saturated carbocycles. The molecule has 1 amide bonds. The first-order valence-electron chi connectivity index (χ1n) is 5.76. The Balaban J connectivity index is 2.28. The number of pyridine rings is 1. The Morgan fingerprint density at radius 2 is 2.19 bits per heavy atom. The van der Waals surface area contributed by atoms with Crippen molar-refractivity contribution in [2.75, 3.05) is 12.4 Å². The van der Waals surface area contributed by atoms with Crippen LogP contribution in [0.1, 0.15) is 10.4 Å². The number of nitrogens with one attached hydrogen (secondary N) is 1. The summed E-state index contributed by atoms with van der Waals surface area (Å²) < 4.78 is 5.56. The third kappa shape index (κ3) is 3.34. The number of amides is 1. The average Bonchev–Trinajstić information content (AvgIpc) is 2.48. The number of aromatic nitrogens is 1. The molecule has 0 aliphatic rings. The molecular weight excluding hydrogens is 342 g/mol. The Morgan fingerprint density at radius 1 is 1.43 bits per heavy atom. The Morgan fingerprint density at radius 3 is 2.81 bits per heavy atom. The van der Waals surface area contributed by atoms with Gasteiger partial charge in [0.05, 0.1) is 22.2 Å². The van der Waals surface area contributed by atoms with Crippen molar-refractivity contribution in [1.82, 2.24) is 4.98 Å². The SMILES string of the molecule is COc1cc(C(=O)Nc2ccncc2Br)ccc1[N+](=O)[O-]. The normalized spacial score (nSPS) is 10.0. The number of nitrogens with zero attached hydrogens (tertiary/aromatic N) is 2. The van der Waals surface area contributed by atoms with Crippen molar-refractivity contribution in [3.05, 3.63) is 56.8 Å². The smallest absolute Gasteiger partial charge is 0.310 e. The number of carbonyl (C=O) groups excluding carboxylic acids is 1. The lowest BCUT2D eigenvalue weighted by atomic mass is 10.1. The quantitative estimate of drug-likeness (QED) is 0.674. The van der Waals surface area contributed by atoms with E-state index in [0.29, 0.717) is 10.2 Å². The number of methoxy groups -OCH3 is 1. The van der Waals surface area contributed by atoms with Crippen LogP contribution in [-0.4, -0.2) is 22.9 Å². The van der Waals surface area contributed by atoms with Crippen LogP contribution in [0.2, 0.25) is 0 Å². The number of anilines is 1. The second kappa shape index (κ2) is 6.31. The molecule has 1 N–H and O–H groups in total. The van der Waals surface area contributed by atoms with Crippen molar-refractivity contribution in [3.8, 4) is 5.75 Å². The molecule has 2 rings (SSSR count). The molecule has 0 aliphatic heterocycles. The van der Waals surface area contributed by atoms with Gasteiger partial charge in [-0.3, -0.25) is 19.9 Å². The molecule has 0 aliphatic carbocycles. The van der Waals surface area contributed by atoms with Crippen LogP contribution in [0.15, 0.2) is 41.1 Å². The van der Waals surface area contributed by atoms with Crippen molar-refractivity contribution in [2.45, 2.75) is 0 Å². The molecule has 108 valence electrons. The standard InChI is InChI=1S/C13H10BrN3O4/c1-21-12-6-8(2-3-11(12)17(19)20)13(18)16-10-4-5-15-7-9(10)14/h2-7H,1H3,(H,15,16,18). The summed E-state index contributed by atoms with van der Waals surface area (Å²) >= 11 is 3.26. The first-order chi connectivity index (χ1) is 10.0. The first kappa shape index (κ1) is 14.9. The van der Waals surface area contributed by atoms with E-state index >= 15 is 0 Å². The lowest BCUT2D eigenvalue weighted by Crippen LogP contribution is -2.12. The van der Waals surface area contributed by atoms with E-state index < -0.39 is 10.8 Å². The van der Waals surface area contributed by atoms with Gasteiger partial charge in [0, 0.05) is 30.1 Å². The van der Waals surface area contributed by atoms with E-state index in [1.807, 2.05) is 0 Å². The molecule has 2 aromatic rings. The predicted octanol–water partition coefficient (Wildman–Crippen LogP) is 3.01. The molecule has 0 unspecified atom stereocenters. The third-order valence-corrected chi connectivity index (χ3v) is 3.29. The van der Waals surface area contributed by atoms with Crippen molar-refractivity contribution >= 4 is 33.2 Å². The molecule has 0 bridgehead atoms. The van der Waals surface area contributed by atoms with Gasteiger partial charge in [-0.05, 0) is 28.1 Å². The molecule has 7 nitrogen and oxygen atoms in total. The van der Waals surface area contributed by atoms with Gasteiger partial charge in [0.1, 0.15) is 0 Å². The molecule has 1 aromatic carbocycles. The summed E-state index contributed by atoms with van der Waals surface area (Å²) in [6.07, 6.45) is 3.09. The summed E-state index contributed by atoms with van der Waals surface area (Å²) in [4.78, 5) is 26.3. The number of halogens is 1. The molecular formula is C13H10BrN3O4. The summed E-state index contributed by atoms with van der Waals surface area (Å²) in [5, 5.41) is 13.5.